The predicted octanol–water partition coefficient (Wildman–Crippen LogP) is 3.90. The van der Waals surface area contributed by atoms with Crippen LogP contribution in [-0.4, -0.2) is 12.5 Å². The van der Waals surface area contributed by atoms with Crippen LogP contribution in [0.5, 0.6) is 5.75 Å². The Morgan fingerprint density at radius 2 is 2.00 bits per heavy atom. The van der Waals surface area contributed by atoms with Crippen molar-refractivity contribution in [2.45, 2.75) is 6.92 Å². The number of rotatable bonds is 4. The lowest BCUT2D eigenvalue weighted by Gasteiger charge is -2.11. The average molecular weight is 325 g/mol. The third-order valence-electron chi connectivity index (χ3n) is 2.81. The van der Waals surface area contributed by atoms with Crippen LogP contribution < -0.4 is 15.8 Å². The minimum absolute atomic E-state index is 0.147. The summed E-state index contributed by atoms with van der Waals surface area (Å²) in [5.74, 6) is 0.224. The Balaban J connectivity index is 1.97. The summed E-state index contributed by atoms with van der Waals surface area (Å²) in [5, 5.41) is 3.66. The van der Waals surface area contributed by atoms with E-state index in [0.29, 0.717) is 27.2 Å². The van der Waals surface area contributed by atoms with Crippen LogP contribution in [0.4, 0.5) is 11.4 Å². The first kappa shape index (κ1) is 15.5. The van der Waals surface area contributed by atoms with Gasteiger partial charge >= 0.3 is 0 Å². The molecule has 0 heterocycles. The molecule has 0 aromatic heterocycles. The monoisotopic (exact) mass is 324 g/mol. The van der Waals surface area contributed by atoms with E-state index in [9.17, 15) is 4.79 Å². The smallest absolute Gasteiger partial charge is 0.262 e. The lowest BCUT2D eigenvalue weighted by atomic mass is 10.2. The second kappa shape index (κ2) is 6.70. The molecule has 4 nitrogen and oxygen atoms in total. The number of nitrogen functional groups attached to an aromatic ring is 1. The molecule has 21 heavy (non-hydrogen) atoms. The van der Waals surface area contributed by atoms with Gasteiger partial charge in [-0.15, -0.1) is 0 Å². The summed E-state index contributed by atoms with van der Waals surface area (Å²) in [6.07, 6.45) is 0. The third-order valence-corrected chi connectivity index (χ3v) is 3.55. The van der Waals surface area contributed by atoms with Crippen LogP contribution in [0.15, 0.2) is 36.4 Å². The van der Waals surface area contributed by atoms with Gasteiger partial charge in [-0.1, -0.05) is 29.3 Å². The zero-order valence-electron chi connectivity index (χ0n) is 11.3. The second-order valence-corrected chi connectivity index (χ2v) is 5.27. The number of hydrogen-bond donors (Lipinski definition) is 2. The van der Waals surface area contributed by atoms with E-state index in [0.717, 1.165) is 5.56 Å². The molecular formula is C15H14Cl2N2O2. The van der Waals surface area contributed by atoms with Gasteiger partial charge in [-0.05, 0) is 42.8 Å². The van der Waals surface area contributed by atoms with E-state index >= 15 is 0 Å². The Labute approximate surface area is 132 Å². The minimum atomic E-state index is -0.345. The molecule has 0 fully saturated rings. The van der Waals surface area contributed by atoms with Gasteiger partial charge in [0.25, 0.3) is 5.91 Å². The highest BCUT2D eigenvalue weighted by atomic mass is 35.5. The van der Waals surface area contributed by atoms with E-state index in [-0.39, 0.29) is 12.5 Å². The number of para-hydroxylation sites is 1. The molecule has 0 aliphatic heterocycles. The number of carbonyl (C=O) groups is 1. The van der Waals surface area contributed by atoms with Gasteiger partial charge in [-0.25, -0.2) is 0 Å². The molecule has 0 bridgehead atoms. The van der Waals surface area contributed by atoms with Gasteiger partial charge in [-0.3, -0.25) is 4.79 Å². The van der Waals surface area contributed by atoms with E-state index in [4.69, 9.17) is 33.7 Å². The maximum atomic E-state index is 11.9. The summed E-state index contributed by atoms with van der Waals surface area (Å²) < 4.78 is 5.40. The SMILES string of the molecule is Cc1cc(OCC(=O)Nc2c(N)cccc2Cl)ccc1Cl. The number of nitrogens with one attached hydrogen (secondary N) is 1. The lowest BCUT2D eigenvalue weighted by molar-refractivity contribution is -0.118. The number of hydrogen-bond acceptors (Lipinski definition) is 3. The van der Waals surface area contributed by atoms with Gasteiger partial charge in [0.2, 0.25) is 0 Å². The molecule has 0 radical (unpaired) electrons. The van der Waals surface area contributed by atoms with Crippen molar-refractivity contribution in [2.24, 2.45) is 0 Å². The predicted molar refractivity (Wildman–Crippen MR) is 86.2 cm³/mol. The van der Waals surface area contributed by atoms with Crippen LogP contribution in [0, 0.1) is 6.92 Å². The number of benzene rings is 2. The molecule has 6 heteroatoms. The van der Waals surface area contributed by atoms with Crippen molar-refractivity contribution >= 4 is 40.5 Å². The van der Waals surface area contributed by atoms with Crippen molar-refractivity contribution in [1.29, 1.82) is 0 Å². The molecular weight excluding hydrogens is 311 g/mol. The molecule has 0 saturated heterocycles. The molecule has 0 saturated carbocycles. The van der Waals surface area contributed by atoms with Crippen molar-refractivity contribution in [2.75, 3.05) is 17.7 Å². The molecule has 0 unspecified atom stereocenters. The Bertz CT molecular complexity index is 654. The van der Waals surface area contributed by atoms with Crippen molar-refractivity contribution in [3.05, 3.63) is 52.0 Å². The molecule has 110 valence electrons. The maximum absolute atomic E-state index is 11.9. The first-order valence-electron chi connectivity index (χ1n) is 6.20. The number of anilines is 2. The molecule has 3 N–H and O–H groups in total. The Morgan fingerprint density at radius 3 is 2.67 bits per heavy atom. The fraction of sp³-hybridized carbons (Fsp3) is 0.133. The highest BCUT2D eigenvalue weighted by molar-refractivity contribution is 6.34. The fourth-order valence-electron chi connectivity index (χ4n) is 1.70. The van der Waals surface area contributed by atoms with E-state index in [1.165, 1.54) is 0 Å². The Morgan fingerprint density at radius 1 is 1.24 bits per heavy atom. The summed E-state index contributed by atoms with van der Waals surface area (Å²) >= 11 is 11.9. The summed E-state index contributed by atoms with van der Waals surface area (Å²) in [6, 6.07) is 10.2. The number of nitrogens with two attached hydrogens (primary N) is 1. The quantitative estimate of drug-likeness (QED) is 0.838. The Kier molecular flexibility index (Phi) is 4.94. The van der Waals surface area contributed by atoms with E-state index < -0.39 is 0 Å². The number of amides is 1. The number of halogens is 2. The van der Waals surface area contributed by atoms with Crippen molar-refractivity contribution in [3.63, 3.8) is 0 Å². The number of carbonyl (C=O) groups excluding carboxylic acids is 1. The van der Waals surface area contributed by atoms with Crippen LogP contribution in [0.2, 0.25) is 10.0 Å². The maximum Gasteiger partial charge on any atom is 0.262 e. The van der Waals surface area contributed by atoms with E-state index in [1.807, 2.05) is 6.92 Å². The van der Waals surface area contributed by atoms with Gasteiger partial charge in [-0.2, -0.15) is 0 Å². The van der Waals surface area contributed by atoms with E-state index in [2.05, 4.69) is 5.32 Å². The molecule has 2 aromatic rings. The summed E-state index contributed by atoms with van der Waals surface area (Å²) in [5.41, 5.74) is 7.43. The minimum Gasteiger partial charge on any atom is -0.484 e. The zero-order valence-corrected chi connectivity index (χ0v) is 12.8. The fourth-order valence-corrected chi connectivity index (χ4v) is 2.05. The largest absolute Gasteiger partial charge is 0.484 e. The lowest BCUT2D eigenvalue weighted by Crippen LogP contribution is -2.21. The molecule has 2 aromatic carbocycles. The Hall–Kier alpha value is -1.91. The van der Waals surface area contributed by atoms with Crippen molar-refractivity contribution < 1.29 is 9.53 Å². The van der Waals surface area contributed by atoms with Gasteiger partial charge in [0, 0.05) is 5.02 Å². The van der Waals surface area contributed by atoms with Gasteiger partial charge in [0.1, 0.15) is 5.75 Å². The second-order valence-electron chi connectivity index (χ2n) is 4.45. The van der Waals surface area contributed by atoms with Crippen LogP contribution in [0.25, 0.3) is 0 Å². The molecule has 1 amide bonds. The number of ether oxygens (including phenoxy) is 1. The van der Waals surface area contributed by atoms with Crippen LogP contribution in [0.3, 0.4) is 0 Å². The normalized spacial score (nSPS) is 10.2. The van der Waals surface area contributed by atoms with Crippen LogP contribution >= 0.6 is 23.2 Å². The molecule has 0 spiro atoms. The highest BCUT2D eigenvalue weighted by Gasteiger charge is 2.09. The third kappa shape index (κ3) is 4.03. The number of aryl methyl sites for hydroxylation is 1. The van der Waals surface area contributed by atoms with Crippen molar-refractivity contribution in [3.8, 4) is 5.75 Å². The van der Waals surface area contributed by atoms with E-state index in [1.54, 1.807) is 36.4 Å². The molecule has 0 atom stereocenters. The van der Waals surface area contributed by atoms with Gasteiger partial charge in [0.05, 0.1) is 16.4 Å². The molecule has 2 rings (SSSR count). The molecule has 0 aliphatic rings. The standard InChI is InChI=1S/C15H14Cl2N2O2/c1-9-7-10(5-6-11(9)16)21-8-14(20)19-15-12(17)3-2-4-13(15)18/h2-7H,8,18H2,1H3,(H,19,20). The summed E-state index contributed by atoms with van der Waals surface area (Å²) in [4.78, 5) is 11.9. The zero-order chi connectivity index (χ0) is 15.4. The summed E-state index contributed by atoms with van der Waals surface area (Å²) in [7, 11) is 0. The van der Waals surface area contributed by atoms with Gasteiger partial charge in [0.15, 0.2) is 6.61 Å². The first-order valence-corrected chi connectivity index (χ1v) is 6.96. The molecule has 0 aliphatic carbocycles. The van der Waals surface area contributed by atoms with Crippen LogP contribution in [0.1, 0.15) is 5.56 Å². The first-order chi connectivity index (χ1) is 9.97. The average Bonchev–Trinajstić information content (AvgIpc) is 2.44. The van der Waals surface area contributed by atoms with Crippen molar-refractivity contribution in [1.82, 2.24) is 0 Å². The van der Waals surface area contributed by atoms with Crippen LogP contribution in [-0.2, 0) is 4.79 Å². The highest BCUT2D eigenvalue weighted by Crippen LogP contribution is 2.27. The summed E-state index contributed by atoms with van der Waals surface area (Å²) in [6.45, 7) is 1.71. The topological polar surface area (TPSA) is 64.3 Å². The van der Waals surface area contributed by atoms with Gasteiger partial charge < -0.3 is 15.8 Å².